The number of rotatable bonds is 9. The summed E-state index contributed by atoms with van der Waals surface area (Å²) in [5.74, 6) is 0. The van der Waals surface area contributed by atoms with E-state index in [1.54, 1.807) is 0 Å². The molecule has 4 nitrogen and oxygen atoms in total. The van der Waals surface area contributed by atoms with Crippen molar-refractivity contribution in [1.29, 1.82) is 0 Å². The zero-order chi connectivity index (χ0) is 26.2. The third kappa shape index (κ3) is 16.8. The molecule has 0 aromatic heterocycles. The molecular weight excluding hydrogens is 544 g/mol. The van der Waals surface area contributed by atoms with E-state index in [-0.39, 0.29) is 26.2 Å². The average molecular weight is 608 g/mol. The maximum atomic E-state index is 12.0. The van der Waals surface area contributed by atoms with E-state index in [0.29, 0.717) is 19.8 Å². The molecule has 4 N–H and O–H groups in total. The molecule has 36 heavy (non-hydrogen) atoms. The van der Waals surface area contributed by atoms with Crippen LogP contribution in [0, 0.1) is 0 Å². The first kappa shape index (κ1) is 39.1. The molecule has 0 unspecified atom stereocenters. The second kappa shape index (κ2) is 27.5. The van der Waals surface area contributed by atoms with Crippen LogP contribution in [0.1, 0.15) is 156 Å². The minimum absolute atomic E-state index is 0. The van der Waals surface area contributed by atoms with Gasteiger partial charge in [0.15, 0.2) is 8.32 Å². The topological polar surface area (TPSA) is 80.9 Å². The van der Waals surface area contributed by atoms with E-state index in [9.17, 15) is 4.80 Å². The Hall–Kier alpha value is 0.940. The Bertz CT molecular complexity index is 357. The second-order valence-corrected chi connectivity index (χ2v) is 15.3. The maximum Gasteiger partial charge on any atom is 0.197 e. The fraction of sp³-hybridized carbons (Fsp3) is 1.00. The van der Waals surface area contributed by atoms with Crippen LogP contribution < -0.4 is 0 Å². The molecule has 0 amide bonds. The molecule has 3 fully saturated rings. The van der Waals surface area contributed by atoms with Gasteiger partial charge in [0.05, 0.1) is 0 Å². The van der Waals surface area contributed by atoms with Gasteiger partial charge in [-0.05, 0) is 35.9 Å². The second-order valence-electron chi connectivity index (χ2n) is 11.1. The quantitative estimate of drug-likeness (QED) is 0.199. The Labute approximate surface area is 245 Å². The van der Waals surface area contributed by atoms with Crippen LogP contribution in [0.15, 0.2) is 0 Å². The van der Waals surface area contributed by atoms with E-state index in [2.05, 4.69) is 20.8 Å². The minimum atomic E-state index is -2.05. The van der Waals surface area contributed by atoms with Crippen LogP contribution in [-0.2, 0) is 26.2 Å². The van der Waals surface area contributed by atoms with Gasteiger partial charge in [0, 0.05) is 46.0 Å². The van der Waals surface area contributed by atoms with Crippen LogP contribution in [-0.4, -0.2) is 48.3 Å². The number of aliphatic hydroxyl groups is 3. The Morgan fingerprint density at radius 1 is 0.472 bits per heavy atom. The molecule has 0 spiro atoms. The van der Waals surface area contributed by atoms with Crippen molar-refractivity contribution in [3.05, 3.63) is 0 Å². The molecule has 0 aliphatic heterocycles. The van der Waals surface area contributed by atoms with Gasteiger partial charge in [0.1, 0.15) is 0 Å². The third-order valence-corrected chi connectivity index (χ3v) is 14.0. The summed E-state index contributed by atoms with van der Waals surface area (Å²) < 4.78 is 0. The van der Waals surface area contributed by atoms with Crippen LogP contribution in [0.4, 0.5) is 0 Å². The van der Waals surface area contributed by atoms with Gasteiger partial charge >= 0.3 is 0 Å². The summed E-state index contributed by atoms with van der Waals surface area (Å²) in [4.78, 5) is 12.0. The first-order valence-electron chi connectivity index (χ1n) is 15.6. The zero-order valence-corrected chi connectivity index (χ0v) is 27.9. The van der Waals surface area contributed by atoms with Crippen molar-refractivity contribution in [3.8, 4) is 0 Å². The summed E-state index contributed by atoms with van der Waals surface area (Å²) in [6.45, 7) is 7.19. The predicted octanol–water partition coefficient (Wildman–Crippen LogP) is 8.26. The van der Waals surface area contributed by atoms with Crippen molar-refractivity contribution in [2.24, 2.45) is 0 Å². The van der Waals surface area contributed by atoms with Crippen LogP contribution in [0.5, 0.6) is 0 Å². The Balaban J connectivity index is 0. The first-order chi connectivity index (χ1) is 17.1. The molecule has 3 aliphatic rings. The normalized spacial score (nSPS) is 19.4. The van der Waals surface area contributed by atoms with Crippen LogP contribution >= 0.6 is 0 Å². The number of unbranched alkanes of at least 4 members (excludes halogenated alkanes) is 3. The SMILES string of the molecule is CCCCO.CCCCO.CCCCO.O[Si](C1CCCCC1)(C1CCCCC1)C1CCCCC1.[Zr]. The fourth-order valence-electron chi connectivity index (χ4n) is 6.17. The van der Waals surface area contributed by atoms with Crippen molar-refractivity contribution in [2.75, 3.05) is 19.8 Å². The molecule has 0 radical (unpaired) electrons. The van der Waals surface area contributed by atoms with E-state index in [1.165, 1.54) is 96.3 Å². The number of hydrogen-bond acceptors (Lipinski definition) is 4. The predicted molar refractivity (Wildman–Crippen MR) is 154 cm³/mol. The van der Waals surface area contributed by atoms with Crippen molar-refractivity contribution in [2.45, 2.75) is 172 Å². The molecule has 0 atom stereocenters. The Morgan fingerprint density at radius 2 is 0.694 bits per heavy atom. The van der Waals surface area contributed by atoms with Gasteiger partial charge in [-0.25, -0.2) is 0 Å². The number of aliphatic hydroxyl groups excluding tert-OH is 3. The molecule has 0 saturated heterocycles. The van der Waals surface area contributed by atoms with Crippen LogP contribution in [0.3, 0.4) is 0 Å². The molecular formula is C30H64O4SiZr. The summed E-state index contributed by atoms with van der Waals surface area (Å²) in [5.41, 5.74) is 2.30. The molecule has 0 aromatic carbocycles. The van der Waals surface area contributed by atoms with Crippen molar-refractivity contribution in [1.82, 2.24) is 0 Å². The van der Waals surface area contributed by atoms with E-state index < -0.39 is 8.32 Å². The third-order valence-electron chi connectivity index (χ3n) is 8.31. The molecule has 6 heteroatoms. The summed E-state index contributed by atoms with van der Waals surface area (Å²) in [5, 5.41) is 24.2. The van der Waals surface area contributed by atoms with Crippen molar-refractivity contribution >= 4 is 8.32 Å². The van der Waals surface area contributed by atoms with Gasteiger partial charge in [-0.2, -0.15) is 0 Å². The molecule has 3 aliphatic carbocycles. The zero-order valence-electron chi connectivity index (χ0n) is 24.5. The molecule has 3 saturated carbocycles. The van der Waals surface area contributed by atoms with Gasteiger partial charge in [-0.3, -0.25) is 0 Å². The molecule has 0 bridgehead atoms. The molecule has 216 valence electrons. The fourth-order valence-corrected chi connectivity index (χ4v) is 12.2. The average Bonchev–Trinajstić information content (AvgIpc) is 2.92. The van der Waals surface area contributed by atoms with E-state index in [0.717, 1.165) is 55.1 Å². The van der Waals surface area contributed by atoms with Gasteiger partial charge in [-0.1, -0.05) is 136 Å². The van der Waals surface area contributed by atoms with Gasteiger partial charge in [0.25, 0.3) is 0 Å². The molecule has 0 aromatic rings. The first-order valence-corrected chi connectivity index (χ1v) is 17.8. The summed E-state index contributed by atoms with van der Waals surface area (Å²) in [7, 11) is -2.05. The Morgan fingerprint density at radius 3 is 0.833 bits per heavy atom. The number of hydrogen-bond donors (Lipinski definition) is 4. The van der Waals surface area contributed by atoms with E-state index in [4.69, 9.17) is 15.3 Å². The monoisotopic (exact) mass is 606 g/mol. The van der Waals surface area contributed by atoms with Crippen molar-refractivity contribution in [3.63, 3.8) is 0 Å². The summed E-state index contributed by atoms with van der Waals surface area (Å²) in [6, 6.07) is 0. The van der Waals surface area contributed by atoms with Crippen LogP contribution in [0.2, 0.25) is 16.6 Å². The van der Waals surface area contributed by atoms with Crippen LogP contribution in [0.25, 0.3) is 0 Å². The van der Waals surface area contributed by atoms with Gasteiger partial charge < -0.3 is 20.1 Å². The standard InChI is InChI=1S/C18H34OSi.3C4H10O.Zr/c19-20(16-10-4-1-5-11-16,17-12-6-2-7-13-17)18-14-8-3-9-15-18;3*1-2-3-4-5;/h16-19H,1-15H2;3*5H,2-4H2,1H3;. The largest absolute Gasteiger partial charge is 0.431 e. The van der Waals surface area contributed by atoms with Gasteiger partial charge in [-0.15, -0.1) is 0 Å². The molecule has 3 rings (SSSR count). The van der Waals surface area contributed by atoms with Crippen molar-refractivity contribution < 1.29 is 46.3 Å². The van der Waals surface area contributed by atoms with Gasteiger partial charge in [0.2, 0.25) is 0 Å². The van der Waals surface area contributed by atoms with E-state index >= 15 is 0 Å². The summed E-state index contributed by atoms with van der Waals surface area (Å²) in [6.07, 6.45) is 27.0. The smallest absolute Gasteiger partial charge is 0.197 e. The summed E-state index contributed by atoms with van der Waals surface area (Å²) >= 11 is 0. The van der Waals surface area contributed by atoms with E-state index in [1.807, 2.05) is 0 Å². The Kier molecular flexibility index (Phi) is 29.9. The molecule has 0 heterocycles. The maximum absolute atomic E-state index is 12.0. The minimum Gasteiger partial charge on any atom is -0.431 e.